The van der Waals surface area contributed by atoms with Gasteiger partial charge in [0.2, 0.25) is 0 Å². The third kappa shape index (κ3) is 4.29. The molecule has 2 atom stereocenters. The van der Waals surface area contributed by atoms with Crippen LogP contribution in [0.2, 0.25) is 5.02 Å². The van der Waals surface area contributed by atoms with Crippen molar-refractivity contribution in [2.24, 2.45) is 0 Å². The summed E-state index contributed by atoms with van der Waals surface area (Å²) in [6.45, 7) is 4.40. The second-order valence-corrected chi connectivity index (χ2v) is 11.4. The van der Waals surface area contributed by atoms with Gasteiger partial charge in [0, 0.05) is 61.3 Å². The molecule has 4 aromatic rings. The number of aromatic nitrogens is 3. The summed E-state index contributed by atoms with van der Waals surface area (Å²) in [6.07, 6.45) is 2.94. The Kier molecular flexibility index (Phi) is 6.36. The molecule has 7 rings (SSSR count). The van der Waals surface area contributed by atoms with E-state index in [1.165, 1.54) is 6.07 Å². The van der Waals surface area contributed by atoms with Crippen LogP contribution >= 0.6 is 11.6 Å². The zero-order chi connectivity index (χ0) is 27.4. The molecule has 3 fully saturated rings. The van der Waals surface area contributed by atoms with Gasteiger partial charge in [-0.25, -0.2) is 8.78 Å². The summed E-state index contributed by atoms with van der Waals surface area (Å²) >= 11 is 6.52. The van der Waals surface area contributed by atoms with Crippen LogP contribution in [0.4, 0.5) is 14.6 Å². The lowest BCUT2D eigenvalue weighted by atomic mass is 9.95. The average molecular weight is 567 g/mol. The van der Waals surface area contributed by atoms with E-state index in [0.717, 1.165) is 32.5 Å². The first kappa shape index (κ1) is 25.6. The first-order valence-electron chi connectivity index (χ1n) is 13.7. The maximum Gasteiger partial charge on any atom is 0.319 e. The van der Waals surface area contributed by atoms with Gasteiger partial charge in [-0.3, -0.25) is 9.88 Å². The number of nitrogens with one attached hydrogen (secondary N) is 1. The highest BCUT2D eigenvalue weighted by atomic mass is 35.5. The average Bonchev–Trinajstić information content (AvgIpc) is 3.47. The number of hydrogen-bond donors (Lipinski definition) is 2. The summed E-state index contributed by atoms with van der Waals surface area (Å²) in [5.74, 6) is -0.130. The van der Waals surface area contributed by atoms with Crippen molar-refractivity contribution in [1.82, 2.24) is 25.2 Å². The minimum atomic E-state index is -0.882. The number of benzene rings is 2. The molecule has 5 heterocycles. The fourth-order valence-electron chi connectivity index (χ4n) is 6.59. The van der Waals surface area contributed by atoms with Crippen LogP contribution in [0.1, 0.15) is 19.3 Å². The zero-order valence-electron chi connectivity index (χ0n) is 21.8. The third-order valence-corrected chi connectivity index (χ3v) is 8.77. The second kappa shape index (κ2) is 9.94. The van der Waals surface area contributed by atoms with Crippen LogP contribution in [0.3, 0.4) is 0 Å². The second-order valence-electron chi connectivity index (χ2n) is 10.9. The molecule has 0 saturated carbocycles. The van der Waals surface area contributed by atoms with Crippen molar-refractivity contribution in [1.29, 1.82) is 0 Å². The quantitative estimate of drug-likeness (QED) is 0.359. The Morgan fingerprint density at radius 1 is 1.18 bits per heavy atom. The number of halogens is 3. The molecule has 0 spiro atoms. The molecule has 0 bridgehead atoms. The number of phenols is 1. The molecule has 40 heavy (non-hydrogen) atoms. The Balaban J connectivity index is 1.35. The highest BCUT2D eigenvalue weighted by molar-refractivity contribution is 6.36. The summed E-state index contributed by atoms with van der Waals surface area (Å²) in [6, 6.07) is 8.39. The van der Waals surface area contributed by atoms with Gasteiger partial charge in [0.25, 0.3) is 0 Å². The van der Waals surface area contributed by atoms with Crippen LogP contribution in [-0.2, 0) is 0 Å². The molecule has 0 aliphatic carbocycles. The maximum absolute atomic E-state index is 16.5. The summed E-state index contributed by atoms with van der Waals surface area (Å²) in [5, 5.41) is 15.9. The predicted molar refractivity (Wildman–Crippen MR) is 151 cm³/mol. The molecule has 3 saturated heterocycles. The topological polar surface area (TPSA) is 86.6 Å². The lowest BCUT2D eigenvalue weighted by Gasteiger charge is -2.31. The van der Waals surface area contributed by atoms with Crippen molar-refractivity contribution in [2.75, 3.05) is 50.8 Å². The highest BCUT2D eigenvalue weighted by Gasteiger charge is 2.49. The van der Waals surface area contributed by atoms with Gasteiger partial charge in [-0.15, -0.1) is 0 Å². The molecule has 11 heteroatoms. The maximum atomic E-state index is 16.5. The number of anilines is 1. The summed E-state index contributed by atoms with van der Waals surface area (Å²) < 4.78 is 37.0. The van der Waals surface area contributed by atoms with E-state index in [9.17, 15) is 9.50 Å². The van der Waals surface area contributed by atoms with Crippen LogP contribution in [0.25, 0.3) is 32.9 Å². The largest absolute Gasteiger partial charge is 0.508 e. The molecule has 2 aromatic carbocycles. The van der Waals surface area contributed by atoms with Gasteiger partial charge in [0.1, 0.15) is 35.6 Å². The number of aromatic hydroxyl groups is 1. The molecular weight excluding hydrogens is 538 g/mol. The van der Waals surface area contributed by atoms with Crippen molar-refractivity contribution >= 4 is 39.1 Å². The van der Waals surface area contributed by atoms with Crippen LogP contribution in [0.15, 0.2) is 36.5 Å². The zero-order valence-corrected chi connectivity index (χ0v) is 22.6. The van der Waals surface area contributed by atoms with E-state index in [-0.39, 0.29) is 35.1 Å². The van der Waals surface area contributed by atoms with Crippen molar-refractivity contribution in [3.8, 4) is 23.0 Å². The fourth-order valence-corrected chi connectivity index (χ4v) is 6.88. The number of fused-ring (bicyclic) bond motifs is 3. The Hall–Kier alpha value is -3.34. The van der Waals surface area contributed by atoms with E-state index in [0.29, 0.717) is 58.6 Å². The SMILES string of the molecule is Oc1cc(-c2ncc3c(N4CCNCC4)nc(OC[C@@]45CCCN4C[C@H](F)C5)nc3c2F)c2c(Cl)cccc2c1. The van der Waals surface area contributed by atoms with E-state index < -0.39 is 12.0 Å². The Bertz CT molecular complexity index is 1620. The standard InChI is InChI=1S/C29H29ClF2N6O2/c30-22-4-1-3-17-11-19(39)12-20(23(17)22)25-24(32)26-21(14-34-25)27(37-9-6-33-7-10-37)36-28(35-26)40-16-29-5-2-8-38(29)15-18(31)13-29/h1,3-4,11-12,14,18,33,39H,2,5-10,13,15-16H2/t18-,29+/m1/s1. The minimum absolute atomic E-state index is 0.0223. The molecule has 8 nitrogen and oxygen atoms in total. The molecule has 0 unspecified atom stereocenters. The van der Waals surface area contributed by atoms with Crippen LogP contribution < -0.4 is 15.0 Å². The summed E-state index contributed by atoms with van der Waals surface area (Å²) in [5.41, 5.74) is 0.0773. The molecule has 2 aromatic heterocycles. The molecule has 0 amide bonds. The summed E-state index contributed by atoms with van der Waals surface area (Å²) in [7, 11) is 0. The Morgan fingerprint density at radius 3 is 2.88 bits per heavy atom. The molecule has 3 aliphatic heterocycles. The predicted octanol–water partition coefficient (Wildman–Crippen LogP) is 4.71. The van der Waals surface area contributed by atoms with Crippen LogP contribution in [-0.4, -0.2) is 82.5 Å². The number of ether oxygens (including phenoxy) is 1. The normalized spacial score (nSPS) is 23.3. The fraction of sp³-hybridized carbons (Fsp3) is 0.414. The molecule has 0 radical (unpaired) electrons. The number of phenolic OH excluding ortho intramolecular Hbond substituents is 1. The molecular formula is C29H29ClF2N6O2. The lowest BCUT2D eigenvalue weighted by Crippen LogP contribution is -2.44. The van der Waals surface area contributed by atoms with Crippen molar-refractivity contribution < 1.29 is 18.6 Å². The van der Waals surface area contributed by atoms with Crippen molar-refractivity contribution in [3.05, 3.63) is 47.4 Å². The minimum Gasteiger partial charge on any atom is -0.508 e. The Morgan fingerprint density at radius 2 is 2.02 bits per heavy atom. The molecule has 3 aliphatic rings. The van der Waals surface area contributed by atoms with Gasteiger partial charge < -0.3 is 20.1 Å². The van der Waals surface area contributed by atoms with Gasteiger partial charge in [0.05, 0.1) is 10.9 Å². The van der Waals surface area contributed by atoms with Crippen molar-refractivity contribution in [2.45, 2.75) is 31.0 Å². The Labute approximate surface area is 234 Å². The van der Waals surface area contributed by atoms with Gasteiger partial charge in [0.15, 0.2) is 5.82 Å². The number of hydrogen-bond acceptors (Lipinski definition) is 8. The van der Waals surface area contributed by atoms with Gasteiger partial charge >= 0.3 is 6.01 Å². The monoisotopic (exact) mass is 566 g/mol. The van der Waals surface area contributed by atoms with E-state index in [4.69, 9.17) is 21.3 Å². The lowest BCUT2D eigenvalue weighted by molar-refractivity contribution is 0.107. The summed E-state index contributed by atoms with van der Waals surface area (Å²) in [4.78, 5) is 18.0. The highest BCUT2D eigenvalue weighted by Crippen LogP contribution is 2.42. The van der Waals surface area contributed by atoms with Crippen LogP contribution in [0.5, 0.6) is 11.8 Å². The number of pyridine rings is 1. The molecule has 208 valence electrons. The first-order valence-corrected chi connectivity index (χ1v) is 14.1. The van der Waals surface area contributed by atoms with E-state index in [1.807, 2.05) is 0 Å². The number of alkyl halides is 1. The van der Waals surface area contributed by atoms with Crippen molar-refractivity contribution in [3.63, 3.8) is 0 Å². The first-order chi connectivity index (χ1) is 19.4. The van der Waals surface area contributed by atoms with Gasteiger partial charge in [-0.05, 0) is 43.0 Å². The third-order valence-electron chi connectivity index (χ3n) is 8.46. The molecule has 2 N–H and O–H groups in total. The van der Waals surface area contributed by atoms with E-state index in [1.54, 1.807) is 30.5 Å². The van der Waals surface area contributed by atoms with E-state index >= 15 is 4.39 Å². The number of piperazine rings is 1. The van der Waals surface area contributed by atoms with E-state index in [2.05, 4.69) is 25.1 Å². The number of nitrogens with zero attached hydrogens (tertiary/aromatic N) is 5. The van der Waals surface area contributed by atoms with Gasteiger partial charge in [-0.1, -0.05) is 23.7 Å². The van der Waals surface area contributed by atoms with Crippen LogP contribution in [0, 0.1) is 5.82 Å². The number of rotatable bonds is 5. The van der Waals surface area contributed by atoms with Gasteiger partial charge in [-0.2, -0.15) is 9.97 Å². The smallest absolute Gasteiger partial charge is 0.319 e.